The van der Waals surface area contributed by atoms with Crippen molar-refractivity contribution < 1.29 is 9.15 Å². The van der Waals surface area contributed by atoms with Gasteiger partial charge in [-0.1, -0.05) is 24.3 Å². The van der Waals surface area contributed by atoms with E-state index in [1.165, 1.54) is 24.0 Å². The maximum Gasteiger partial charge on any atom is 0.194 e. The normalized spacial score (nSPS) is 21.8. The predicted octanol–water partition coefficient (Wildman–Crippen LogP) is 3.49. The van der Waals surface area contributed by atoms with Crippen molar-refractivity contribution in [3.8, 4) is 0 Å². The number of nitrogens with zero attached hydrogens (tertiary/aromatic N) is 3. The van der Waals surface area contributed by atoms with Crippen LogP contribution in [0.2, 0.25) is 0 Å². The Kier molecular flexibility index (Phi) is 6.75. The Morgan fingerprint density at radius 1 is 1.17 bits per heavy atom. The van der Waals surface area contributed by atoms with Gasteiger partial charge in [-0.05, 0) is 50.1 Å². The highest BCUT2D eigenvalue weighted by Gasteiger charge is 2.42. The highest BCUT2D eigenvalue weighted by atomic mass is 16.5. The molecule has 2 aliphatic rings. The van der Waals surface area contributed by atoms with Crippen LogP contribution in [0.25, 0.3) is 0 Å². The molecule has 3 heterocycles. The molecule has 30 heavy (non-hydrogen) atoms. The fourth-order valence-corrected chi connectivity index (χ4v) is 4.55. The van der Waals surface area contributed by atoms with E-state index in [1.807, 2.05) is 12.1 Å². The summed E-state index contributed by atoms with van der Waals surface area (Å²) in [6.45, 7) is 9.28. The van der Waals surface area contributed by atoms with Crippen LogP contribution in [-0.2, 0) is 24.4 Å². The van der Waals surface area contributed by atoms with E-state index in [2.05, 4.69) is 53.4 Å². The van der Waals surface area contributed by atoms with E-state index in [0.717, 1.165) is 57.7 Å². The smallest absolute Gasteiger partial charge is 0.194 e. The molecule has 0 radical (unpaired) electrons. The fraction of sp³-hybridized carbons (Fsp3) is 0.542. The molecule has 0 saturated carbocycles. The third kappa shape index (κ3) is 5.05. The standard InChI is InChI=1S/C24H34N4O2/c1-3-25-23(28-12-10-24(18-28)11-14-29-19-24)26-15-20-7-4-5-8-21(20)16-27(2)17-22-9-6-13-30-22/h4-9,13H,3,10-12,14-19H2,1-2H3,(H,25,26). The molecule has 4 rings (SSSR count). The second-order valence-corrected chi connectivity index (χ2v) is 8.66. The number of furan rings is 1. The van der Waals surface area contributed by atoms with Crippen molar-refractivity contribution in [3.05, 3.63) is 59.5 Å². The van der Waals surface area contributed by atoms with E-state index < -0.39 is 0 Å². The van der Waals surface area contributed by atoms with Crippen LogP contribution in [0.15, 0.2) is 52.1 Å². The van der Waals surface area contributed by atoms with Crippen molar-refractivity contribution in [2.24, 2.45) is 10.4 Å². The summed E-state index contributed by atoms with van der Waals surface area (Å²) in [5.41, 5.74) is 2.92. The summed E-state index contributed by atoms with van der Waals surface area (Å²) in [5.74, 6) is 2.02. The zero-order chi connectivity index (χ0) is 20.8. The Bertz CT molecular complexity index is 827. The highest BCUT2D eigenvalue weighted by molar-refractivity contribution is 5.80. The van der Waals surface area contributed by atoms with Gasteiger partial charge in [-0.3, -0.25) is 4.90 Å². The summed E-state index contributed by atoms with van der Waals surface area (Å²) in [6, 6.07) is 12.6. The Morgan fingerprint density at radius 3 is 2.77 bits per heavy atom. The first-order valence-corrected chi connectivity index (χ1v) is 11.1. The van der Waals surface area contributed by atoms with Gasteiger partial charge in [-0.15, -0.1) is 0 Å². The molecular formula is C24H34N4O2. The minimum atomic E-state index is 0.336. The van der Waals surface area contributed by atoms with Gasteiger partial charge in [0, 0.05) is 38.2 Å². The Morgan fingerprint density at radius 2 is 2.03 bits per heavy atom. The molecule has 2 saturated heterocycles. The quantitative estimate of drug-likeness (QED) is 0.559. The first-order valence-electron chi connectivity index (χ1n) is 11.1. The Balaban J connectivity index is 1.42. The van der Waals surface area contributed by atoms with E-state index in [4.69, 9.17) is 14.1 Å². The molecule has 0 aliphatic carbocycles. The summed E-state index contributed by atoms with van der Waals surface area (Å²) in [5, 5.41) is 3.50. The first kappa shape index (κ1) is 20.9. The lowest BCUT2D eigenvalue weighted by Crippen LogP contribution is -2.41. The monoisotopic (exact) mass is 410 g/mol. The topological polar surface area (TPSA) is 53.2 Å². The van der Waals surface area contributed by atoms with Crippen molar-refractivity contribution in [3.63, 3.8) is 0 Å². The van der Waals surface area contributed by atoms with Crippen LogP contribution in [0.4, 0.5) is 0 Å². The molecule has 2 fully saturated rings. The van der Waals surface area contributed by atoms with E-state index in [-0.39, 0.29) is 0 Å². The molecule has 162 valence electrons. The van der Waals surface area contributed by atoms with Crippen LogP contribution in [-0.4, -0.2) is 55.7 Å². The van der Waals surface area contributed by atoms with Crippen LogP contribution in [0.3, 0.4) is 0 Å². The number of aliphatic imine (C=N–C) groups is 1. The number of hydrogen-bond donors (Lipinski definition) is 1. The average molecular weight is 411 g/mol. The van der Waals surface area contributed by atoms with Gasteiger partial charge >= 0.3 is 0 Å². The summed E-state index contributed by atoms with van der Waals surface area (Å²) in [6.07, 6.45) is 4.10. The van der Waals surface area contributed by atoms with Gasteiger partial charge in [0.05, 0.1) is 26.0 Å². The number of ether oxygens (including phenoxy) is 1. The summed E-state index contributed by atoms with van der Waals surface area (Å²) < 4.78 is 11.2. The van der Waals surface area contributed by atoms with Crippen LogP contribution < -0.4 is 5.32 Å². The maximum absolute atomic E-state index is 5.69. The molecule has 2 aliphatic heterocycles. The molecule has 1 spiro atoms. The van der Waals surface area contributed by atoms with Gasteiger partial charge in [-0.2, -0.15) is 0 Å². The van der Waals surface area contributed by atoms with Crippen molar-refractivity contribution in [1.29, 1.82) is 0 Å². The number of rotatable bonds is 7. The first-order chi connectivity index (χ1) is 14.7. The van der Waals surface area contributed by atoms with Crippen molar-refractivity contribution in [2.45, 2.75) is 39.4 Å². The molecule has 1 unspecified atom stereocenters. The number of hydrogen-bond acceptors (Lipinski definition) is 4. The summed E-state index contributed by atoms with van der Waals surface area (Å²) >= 11 is 0. The lowest BCUT2D eigenvalue weighted by molar-refractivity contribution is 0.156. The summed E-state index contributed by atoms with van der Waals surface area (Å²) in [7, 11) is 2.12. The van der Waals surface area contributed by atoms with Gasteiger partial charge < -0.3 is 19.4 Å². The van der Waals surface area contributed by atoms with Crippen LogP contribution in [0, 0.1) is 5.41 Å². The van der Waals surface area contributed by atoms with Gasteiger partial charge in [0.15, 0.2) is 5.96 Å². The second kappa shape index (κ2) is 9.67. The largest absolute Gasteiger partial charge is 0.468 e. The molecule has 1 aromatic heterocycles. The average Bonchev–Trinajstić information content (AvgIpc) is 3.50. The Labute approximate surface area is 179 Å². The fourth-order valence-electron chi connectivity index (χ4n) is 4.55. The zero-order valence-electron chi connectivity index (χ0n) is 18.3. The number of guanidine groups is 1. The van der Waals surface area contributed by atoms with E-state index in [0.29, 0.717) is 12.0 Å². The lowest BCUT2D eigenvalue weighted by atomic mass is 9.87. The van der Waals surface area contributed by atoms with E-state index in [9.17, 15) is 0 Å². The van der Waals surface area contributed by atoms with Gasteiger partial charge in [0.25, 0.3) is 0 Å². The second-order valence-electron chi connectivity index (χ2n) is 8.66. The third-order valence-electron chi connectivity index (χ3n) is 6.22. The molecule has 6 heteroatoms. The molecule has 1 aromatic carbocycles. The van der Waals surface area contributed by atoms with Crippen molar-refractivity contribution in [1.82, 2.24) is 15.1 Å². The van der Waals surface area contributed by atoms with Crippen LogP contribution >= 0.6 is 0 Å². The van der Waals surface area contributed by atoms with Gasteiger partial charge in [0.1, 0.15) is 5.76 Å². The van der Waals surface area contributed by atoms with Crippen molar-refractivity contribution in [2.75, 3.05) is 39.9 Å². The minimum Gasteiger partial charge on any atom is -0.468 e. The summed E-state index contributed by atoms with van der Waals surface area (Å²) in [4.78, 5) is 9.71. The Hall–Kier alpha value is -2.31. The molecule has 6 nitrogen and oxygen atoms in total. The third-order valence-corrected chi connectivity index (χ3v) is 6.22. The number of likely N-dealkylation sites (tertiary alicyclic amines) is 1. The zero-order valence-corrected chi connectivity index (χ0v) is 18.3. The predicted molar refractivity (Wildman–Crippen MR) is 119 cm³/mol. The van der Waals surface area contributed by atoms with Crippen molar-refractivity contribution >= 4 is 5.96 Å². The van der Waals surface area contributed by atoms with E-state index in [1.54, 1.807) is 6.26 Å². The van der Waals surface area contributed by atoms with E-state index >= 15 is 0 Å². The molecule has 0 bridgehead atoms. The van der Waals surface area contributed by atoms with Crippen LogP contribution in [0.5, 0.6) is 0 Å². The number of nitrogens with one attached hydrogen (secondary N) is 1. The molecular weight excluding hydrogens is 376 g/mol. The van der Waals surface area contributed by atoms with Gasteiger partial charge in [0.2, 0.25) is 0 Å². The van der Waals surface area contributed by atoms with Crippen LogP contribution in [0.1, 0.15) is 36.7 Å². The maximum atomic E-state index is 5.69. The molecule has 1 atom stereocenters. The molecule has 1 N–H and O–H groups in total. The molecule has 0 amide bonds. The molecule has 2 aromatic rings. The van der Waals surface area contributed by atoms with Gasteiger partial charge in [-0.25, -0.2) is 4.99 Å². The lowest BCUT2D eigenvalue weighted by Gasteiger charge is -2.25. The number of benzene rings is 1. The minimum absolute atomic E-state index is 0.336. The highest BCUT2D eigenvalue weighted by Crippen LogP contribution is 2.38. The SMILES string of the molecule is CCNC(=NCc1ccccc1CN(C)Cc1ccco1)N1CCC2(CCOC2)C1.